The Balaban J connectivity index is 4.26. The van der Waals surface area contributed by atoms with Gasteiger partial charge in [-0.25, -0.2) is 0 Å². The predicted octanol–water partition coefficient (Wildman–Crippen LogP) is 17.9. The molecule has 0 aliphatic carbocycles. The Morgan fingerprint density at radius 1 is 0.486 bits per heavy atom. The number of amides is 1. The molecule has 0 fully saturated rings. The number of unbranched alkanes of at least 4 members (excludes halogenated alkanes) is 22. The number of allylic oxidation sites excluding steroid dienone is 19. The molecule has 0 aromatic carbocycles. The number of hydrogen-bond acceptors (Lipinski definition) is 6. The summed E-state index contributed by atoms with van der Waals surface area (Å²) in [5.74, 6) is -0.220. The average Bonchev–Trinajstić information content (AvgIpc) is 3.36. The van der Waals surface area contributed by atoms with E-state index >= 15 is 0 Å². The summed E-state index contributed by atoms with van der Waals surface area (Å²) in [6.45, 7) is 4.50. The lowest BCUT2D eigenvalue weighted by atomic mass is 10.0. The van der Waals surface area contributed by atoms with Gasteiger partial charge in [0.1, 0.15) is 13.2 Å². The molecule has 0 spiro atoms. The minimum absolute atomic E-state index is 0.0142. The van der Waals surface area contributed by atoms with E-state index in [0.717, 1.165) is 103 Å². The van der Waals surface area contributed by atoms with Crippen molar-refractivity contribution in [2.75, 3.05) is 40.9 Å². The molecule has 3 atom stereocenters. The van der Waals surface area contributed by atoms with Crippen molar-refractivity contribution in [2.24, 2.45) is 0 Å². The molecule has 0 aliphatic heterocycles. The molecule has 0 bridgehead atoms. The third kappa shape index (κ3) is 56.6. The largest absolute Gasteiger partial charge is 0.756 e. The molecule has 0 aliphatic rings. The number of carbonyl (C=O) groups excluding carboxylic acids is 1. The van der Waals surface area contributed by atoms with Crippen molar-refractivity contribution in [2.45, 2.75) is 244 Å². The van der Waals surface area contributed by atoms with Crippen molar-refractivity contribution < 1.29 is 32.9 Å². The molecule has 74 heavy (non-hydrogen) atoms. The second-order valence-corrected chi connectivity index (χ2v) is 22.4. The molecule has 0 saturated carbocycles. The van der Waals surface area contributed by atoms with Crippen LogP contribution in [0, 0.1) is 0 Å². The fraction of sp³-hybridized carbons (Fsp3) is 0.677. The number of nitrogens with one attached hydrogen (secondary N) is 1. The average molecular weight is 1050 g/mol. The highest BCUT2D eigenvalue weighted by atomic mass is 31.2. The number of carbonyl (C=O) groups is 1. The van der Waals surface area contributed by atoms with Gasteiger partial charge in [0.25, 0.3) is 7.82 Å². The van der Waals surface area contributed by atoms with Gasteiger partial charge in [-0.2, -0.15) is 0 Å². The van der Waals surface area contributed by atoms with Crippen LogP contribution in [0.15, 0.2) is 122 Å². The van der Waals surface area contributed by atoms with Gasteiger partial charge in [-0.05, 0) is 96.3 Å². The fourth-order valence-electron chi connectivity index (χ4n) is 8.01. The van der Waals surface area contributed by atoms with Crippen molar-refractivity contribution >= 4 is 13.7 Å². The SMILES string of the molecule is CC/C=C\C/C=C\C/C=C\C/C=C\C/C=C\C/C=C\C/C=C\C/C=C\CCCCCCCCCCC(=O)NC(COP(=O)([O-])OCC[N+](C)(C)C)C(O)/C=C/CC/C=C/CCCCCCCCCCCCCCC. The molecule has 0 radical (unpaired) electrons. The van der Waals surface area contributed by atoms with Gasteiger partial charge in [0.2, 0.25) is 5.91 Å². The molecule has 0 aromatic heterocycles. The van der Waals surface area contributed by atoms with E-state index < -0.39 is 26.6 Å². The van der Waals surface area contributed by atoms with Crippen LogP contribution in [-0.4, -0.2) is 68.5 Å². The van der Waals surface area contributed by atoms with Gasteiger partial charge in [-0.1, -0.05) is 251 Å². The molecule has 2 N–H and O–H groups in total. The van der Waals surface area contributed by atoms with E-state index in [2.05, 4.69) is 129 Å². The first-order valence-corrected chi connectivity index (χ1v) is 31.4. The molecule has 1 amide bonds. The van der Waals surface area contributed by atoms with Crippen molar-refractivity contribution in [3.63, 3.8) is 0 Å². The van der Waals surface area contributed by atoms with Crippen LogP contribution < -0.4 is 10.2 Å². The summed E-state index contributed by atoms with van der Waals surface area (Å²) in [5, 5.41) is 13.9. The second-order valence-electron chi connectivity index (χ2n) is 21.0. The number of hydrogen-bond donors (Lipinski definition) is 2. The summed E-state index contributed by atoms with van der Waals surface area (Å²) < 4.78 is 23.3. The summed E-state index contributed by atoms with van der Waals surface area (Å²) >= 11 is 0. The van der Waals surface area contributed by atoms with Crippen LogP contribution in [0.2, 0.25) is 0 Å². The predicted molar refractivity (Wildman–Crippen MR) is 320 cm³/mol. The van der Waals surface area contributed by atoms with E-state index in [1.165, 1.54) is 109 Å². The van der Waals surface area contributed by atoms with Crippen molar-refractivity contribution in [3.05, 3.63) is 122 Å². The number of phosphoric acid groups is 1. The number of quaternary nitrogens is 1. The minimum Gasteiger partial charge on any atom is -0.756 e. The van der Waals surface area contributed by atoms with Gasteiger partial charge in [-0.3, -0.25) is 9.36 Å². The highest BCUT2D eigenvalue weighted by molar-refractivity contribution is 7.45. The Morgan fingerprint density at radius 2 is 0.838 bits per heavy atom. The molecule has 9 heteroatoms. The first-order valence-electron chi connectivity index (χ1n) is 29.9. The topological polar surface area (TPSA) is 108 Å². The van der Waals surface area contributed by atoms with Crippen molar-refractivity contribution in [1.82, 2.24) is 5.32 Å². The van der Waals surface area contributed by atoms with Gasteiger partial charge in [-0.15, -0.1) is 0 Å². The summed E-state index contributed by atoms with van der Waals surface area (Å²) in [6.07, 6.45) is 81.3. The van der Waals surface area contributed by atoms with Crippen LogP contribution in [-0.2, 0) is 18.4 Å². The first kappa shape index (κ1) is 70.9. The number of nitrogens with zero attached hydrogens (tertiary/aromatic N) is 1. The Labute approximate surface area is 456 Å². The van der Waals surface area contributed by atoms with Crippen LogP contribution in [0.1, 0.15) is 232 Å². The molecule has 8 nitrogen and oxygen atoms in total. The Kier molecular flexibility index (Phi) is 52.4. The zero-order valence-corrected chi connectivity index (χ0v) is 49.1. The normalized spacial score (nSPS) is 14.7. The quantitative estimate of drug-likeness (QED) is 0.0272. The summed E-state index contributed by atoms with van der Waals surface area (Å²) in [6, 6.07) is -0.917. The van der Waals surface area contributed by atoms with Gasteiger partial charge in [0.15, 0.2) is 0 Å². The molecule has 0 saturated heterocycles. The fourth-order valence-corrected chi connectivity index (χ4v) is 8.73. The lowest BCUT2D eigenvalue weighted by molar-refractivity contribution is -0.870. The summed E-state index contributed by atoms with van der Waals surface area (Å²) in [7, 11) is 1.22. The van der Waals surface area contributed by atoms with E-state index in [-0.39, 0.29) is 12.5 Å². The second kappa shape index (κ2) is 54.7. The molecular formula is C65H113N2O6P. The number of aliphatic hydroxyl groups excluding tert-OH is 1. The van der Waals surface area contributed by atoms with Crippen LogP contribution in [0.25, 0.3) is 0 Å². The number of phosphoric ester groups is 1. The lowest BCUT2D eigenvalue weighted by Gasteiger charge is -2.29. The van der Waals surface area contributed by atoms with Crippen LogP contribution in [0.3, 0.4) is 0 Å². The molecule has 424 valence electrons. The Bertz CT molecular complexity index is 1620. The van der Waals surface area contributed by atoms with E-state index in [1.54, 1.807) is 6.08 Å². The van der Waals surface area contributed by atoms with Crippen LogP contribution in [0.5, 0.6) is 0 Å². The maximum Gasteiger partial charge on any atom is 0.268 e. The number of likely N-dealkylation sites (N-methyl/N-ethyl adjacent to an activating group) is 1. The lowest BCUT2D eigenvalue weighted by Crippen LogP contribution is -2.45. The van der Waals surface area contributed by atoms with Crippen molar-refractivity contribution in [3.8, 4) is 0 Å². The molecule has 0 rings (SSSR count). The van der Waals surface area contributed by atoms with Crippen LogP contribution in [0.4, 0.5) is 0 Å². The van der Waals surface area contributed by atoms with Crippen molar-refractivity contribution in [1.29, 1.82) is 0 Å². The monoisotopic (exact) mass is 1050 g/mol. The highest BCUT2D eigenvalue weighted by Gasteiger charge is 2.23. The number of rotatable bonds is 53. The zero-order valence-electron chi connectivity index (χ0n) is 48.2. The minimum atomic E-state index is -4.62. The van der Waals surface area contributed by atoms with Gasteiger partial charge < -0.3 is 28.8 Å². The van der Waals surface area contributed by atoms with E-state index in [9.17, 15) is 19.4 Å². The Morgan fingerprint density at radius 3 is 1.26 bits per heavy atom. The van der Waals surface area contributed by atoms with E-state index in [0.29, 0.717) is 17.4 Å². The van der Waals surface area contributed by atoms with Gasteiger partial charge >= 0.3 is 0 Å². The summed E-state index contributed by atoms with van der Waals surface area (Å²) in [4.78, 5) is 25.5. The van der Waals surface area contributed by atoms with Crippen LogP contribution >= 0.6 is 7.82 Å². The summed E-state index contributed by atoms with van der Waals surface area (Å²) in [5.41, 5.74) is 0. The third-order valence-corrected chi connectivity index (χ3v) is 13.6. The molecule has 0 heterocycles. The van der Waals surface area contributed by atoms with E-state index in [1.807, 2.05) is 27.2 Å². The maximum atomic E-state index is 13.0. The smallest absolute Gasteiger partial charge is 0.268 e. The first-order chi connectivity index (χ1) is 36.0. The molecular weight excluding hydrogens is 936 g/mol. The Hall–Kier alpha value is -3.10. The third-order valence-electron chi connectivity index (χ3n) is 12.7. The highest BCUT2D eigenvalue weighted by Crippen LogP contribution is 2.38. The molecule has 3 unspecified atom stereocenters. The maximum absolute atomic E-state index is 13.0. The molecule has 0 aromatic rings. The number of aliphatic hydroxyl groups is 1. The zero-order chi connectivity index (χ0) is 54.2. The van der Waals surface area contributed by atoms with Gasteiger partial charge in [0, 0.05) is 6.42 Å². The van der Waals surface area contributed by atoms with Gasteiger partial charge in [0.05, 0.1) is 39.9 Å². The van der Waals surface area contributed by atoms with E-state index in [4.69, 9.17) is 9.05 Å². The standard InChI is InChI=1S/C65H113N2O6P/c1-6-8-10-12-14-16-18-20-22-24-26-27-28-29-30-31-32-33-34-35-36-37-38-39-41-43-45-47-49-51-53-55-57-59-65(69)66-63(62-73-74(70,71)72-61-60-67(3,4)5)64(68)58-56-54-52-50-48-46-44-42-40-25-23-21-19-17-15-13-11-9-7-2/h8,10,14,16,20,22,26-27,29-30,32-33,35-36,38-39,48,50,56,58,63-64,68H,6-7,9,11-13,15,17-19,21,23-25,28,31,34,37,40-47,49,51-55,57,59-62H2,1-5H3,(H-,66,69,70,71)/b10-8-,16-14-,22-20-,27-26-,30-29-,33-32-,36-35-,39-38-,50-48+,58-56+.